The Morgan fingerprint density at radius 3 is 2.63 bits per heavy atom. The highest BCUT2D eigenvalue weighted by Gasteiger charge is 2.36. The lowest BCUT2D eigenvalue weighted by atomic mass is 9.83. The summed E-state index contributed by atoms with van der Waals surface area (Å²) >= 11 is 0. The molecule has 5 nitrogen and oxygen atoms in total. The minimum absolute atomic E-state index is 0.0999. The second-order valence-electron chi connectivity index (χ2n) is 7.56. The number of anilines is 1. The van der Waals surface area contributed by atoms with Gasteiger partial charge in [-0.3, -0.25) is 0 Å². The van der Waals surface area contributed by atoms with E-state index in [1.165, 1.54) is 5.56 Å². The van der Waals surface area contributed by atoms with Gasteiger partial charge in [0.25, 0.3) is 0 Å². The number of fused-ring (bicyclic) bond motifs is 2. The van der Waals surface area contributed by atoms with Crippen molar-refractivity contribution in [3.63, 3.8) is 0 Å². The smallest absolute Gasteiger partial charge is 0.306 e. The third-order valence-corrected chi connectivity index (χ3v) is 4.91. The van der Waals surface area contributed by atoms with E-state index in [0.29, 0.717) is 23.4 Å². The summed E-state index contributed by atoms with van der Waals surface area (Å²) in [5.74, 6) is 2.29. The lowest BCUT2D eigenvalue weighted by molar-refractivity contribution is -0.691. The van der Waals surface area contributed by atoms with Crippen molar-refractivity contribution in [3.8, 4) is 17.4 Å². The summed E-state index contributed by atoms with van der Waals surface area (Å²) in [7, 11) is 0. The number of phenolic OH excluding ortho intramolecular Hbond substituents is 1. The van der Waals surface area contributed by atoms with Crippen LogP contribution in [0.4, 0.5) is 5.82 Å². The van der Waals surface area contributed by atoms with E-state index in [1.54, 1.807) is 18.5 Å². The molecule has 0 saturated heterocycles. The molecule has 0 fully saturated rings. The first-order chi connectivity index (χ1) is 12.9. The van der Waals surface area contributed by atoms with Crippen molar-refractivity contribution in [2.45, 2.75) is 33.2 Å². The van der Waals surface area contributed by atoms with Crippen LogP contribution in [0.5, 0.6) is 17.4 Å². The summed E-state index contributed by atoms with van der Waals surface area (Å²) in [6, 6.07) is 13.6. The van der Waals surface area contributed by atoms with Crippen molar-refractivity contribution in [1.82, 2.24) is 4.98 Å². The van der Waals surface area contributed by atoms with Crippen LogP contribution in [0.3, 0.4) is 0 Å². The van der Waals surface area contributed by atoms with Gasteiger partial charge in [0, 0.05) is 11.6 Å². The van der Waals surface area contributed by atoms with Crippen LogP contribution in [0, 0.1) is 12.8 Å². The molecule has 1 aliphatic rings. The molecule has 2 aromatic carbocycles. The number of nitrogen functional groups attached to an aromatic ring is 1. The molecule has 3 N–H and O–H groups in total. The molecule has 0 saturated carbocycles. The Hall–Kier alpha value is -3.08. The predicted molar refractivity (Wildman–Crippen MR) is 104 cm³/mol. The fourth-order valence-corrected chi connectivity index (χ4v) is 3.62. The highest BCUT2D eigenvalue weighted by Crippen LogP contribution is 2.48. The topological polar surface area (TPSA) is 72.2 Å². The molecular formula is C22H24N3O2+. The summed E-state index contributed by atoms with van der Waals surface area (Å²) in [6.07, 6.45) is 1.73. The lowest BCUT2D eigenvalue weighted by Gasteiger charge is -2.27. The van der Waals surface area contributed by atoms with E-state index in [9.17, 15) is 5.11 Å². The monoisotopic (exact) mass is 362 g/mol. The van der Waals surface area contributed by atoms with Gasteiger partial charge in [0.2, 0.25) is 12.1 Å². The van der Waals surface area contributed by atoms with Gasteiger partial charge in [-0.15, -0.1) is 0 Å². The van der Waals surface area contributed by atoms with Crippen LogP contribution >= 0.6 is 0 Å². The summed E-state index contributed by atoms with van der Waals surface area (Å²) in [5, 5.41) is 9.90. The van der Waals surface area contributed by atoms with Gasteiger partial charge in [-0.25, -0.2) is 4.57 Å². The molecular weight excluding hydrogens is 338 g/mol. The van der Waals surface area contributed by atoms with E-state index < -0.39 is 0 Å². The molecule has 0 aliphatic carbocycles. The van der Waals surface area contributed by atoms with Gasteiger partial charge in [0.05, 0.1) is 12.5 Å². The zero-order valence-corrected chi connectivity index (χ0v) is 15.8. The molecule has 5 heteroatoms. The van der Waals surface area contributed by atoms with Crippen LogP contribution in [-0.2, 0) is 6.54 Å². The molecule has 1 atom stereocenters. The van der Waals surface area contributed by atoms with E-state index in [2.05, 4.69) is 50.0 Å². The molecule has 0 radical (unpaired) electrons. The van der Waals surface area contributed by atoms with Crippen molar-refractivity contribution in [3.05, 3.63) is 71.0 Å². The zero-order chi connectivity index (χ0) is 19.1. The molecule has 2 heterocycles. The number of hydrogen-bond acceptors (Lipinski definition) is 4. The number of phenols is 1. The van der Waals surface area contributed by atoms with Gasteiger partial charge in [-0.2, -0.15) is 0 Å². The molecule has 0 spiro atoms. The maximum Gasteiger partial charge on any atom is 0.306 e. The molecule has 0 unspecified atom stereocenters. The van der Waals surface area contributed by atoms with Crippen LogP contribution in [0.2, 0.25) is 0 Å². The van der Waals surface area contributed by atoms with Crippen LogP contribution in [0.25, 0.3) is 0 Å². The largest absolute Gasteiger partial charge is 0.508 e. The van der Waals surface area contributed by atoms with Gasteiger partial charge in [0.1, 0.15) is 17.1 Å². The van der Waals surface area contributed by atoms with Gasteiger partial charge < -0.3 is 15.6 Å². The first-order valence-electron chi connectivity index (χ1n) is 9.19. The molecule has 1 aromatic heterocycles. The number of nitrogens with zero attached hydrogens (tertiary/aromatic N) is 2. The van der Waals surface area contributed by atoms with Gasteiger partial charge >= 0.3 is 5.88 Å². The standard InChI is InChI=1S/C22H23N3O2/c1-13(2)11-25-12-24-22-20(21(25)23)19(15-6-4-14(3)5-7-15)17-9-8-16(26)10-18(17)27-22/h4-10,12-13,19,23,26H,11H2,1-3H3/p+1/t19-/m0/s1. The number of benzene rings is 2. The molecule has 4 rings (SSSR count). The Bertz CT molecular complexity index is 997. The zero-order valence-electron chi connectivity index (χ0n) is 15.8. The normalized spacial score (nSPS) is 15.2. The summed E-state index contributed by atoms with van der Waals surface area (Å²) in [4.78, 5) is 4.53. The summed E-state index contributed by atoms with van der Waals surface area (Å²) in [6.45, 7) is 7.16. The number of nitrogens with two attached hydrogens (primary N) is 1. The predicted octanol–water partition coefficient (Wildman–Crippen LogP) is 3.91. The number of rotatable bonds is 3. The number of aryl methyl sites for hydroxylation is 1. The first kappa shape index (κ1) is 17.3. The van der Waals surface area contributed by atoms with Gasteiger partial charge in [0.15, 0.2) is 0 Å². The Morgan fingerprint density at radius 2 is 1.93 bits per heavy atom. The Kier molecular flexibility index (Phi) is 4.22. The van der Waals surface area contributed by atoms with Crippen molar-refractivity contribution in [2.24, 2.45) is 5.92 Å². The van der Waals surface area contributed by atoms with E-state index >= 15 is 0 Å². The molecule has 1 aliphatic heterocycles. The molecule has 3 aromatic rings. The van der Waals surface area contributed by atoms with Crippen molar-refractivity contribution < 1.29 is 14.4 Å². The number of ether oxygens (including phenoxy) is 1. The fourth-order valence-electron chi connectivity index (χ4n) is 3.62. The highest BCUT2D eigenvalue weighted by atomic mass is 16.5. The fraction of sp³-hybridized carbons (Fsp3) is 0.273. The quantitative estimate of drug-likeness (QED) is 0.542. The number of hydrogen-bond donors (Lipinski definition) is 2. The minimum atomic E-state index is -0.0999. The summed E-state index contributed by atoms with van der Waals surface area (Å²) < 4.78 is 8.00. The van der Waals surface area contributed by atoms with Crippen molar-refractivity contribution in [1.29, 1.82) is 0 Å². The number of aromatic nitrogens is 2. The minimum Gasteiger partial charge on any atom is -0.508 e. The second-order valence-corrected chi connectivity index (χ2v) is 7.56. The van der Waals surface area contributed by atoms with E-state index in [-0.39, 0.29) is 11.7 Å². The first-order valence-corrected chi connectivity index (χ1v) is 9.19. The van der Waals surface area contributed by atoms with Crippen molar-refractivity contribution >= 4 is 5.82 Å². The molecule has 0 bridgehead atoms. The molecule has 0 amide bonds. The SMILES string of the molecule is Cc1ccc([C@H]2c3ccc(O)cc3Oc3nc[n+](CC(C)C)c(N)c32)cc1. The maximum atomic E-state index is 9.90. The Morgan fingerprint density at radius 1 is 1.19 bits per heavy atom. The number of aromatic hydroxyl groups is 1. The van der Waals surface area contributed by atoms with E-state index in [1.807, 2.05) is 10.6 Å². The van der Waals surface area contributed by atoms with E-state index in [4.69, 9.17) is 10.5 Å². The average molecular weight is 362 g/mol. The Balaban J connectivity index is 1.94. The third-order valence-electron chi connectivity index (χ3n) is 4.91. The van der Waals surface area contributed by atoms with Crippen LogP contribution < -0.4 is 15.0 Å². The maximum absolute atomic E-state index is 9.90. The van der Waals surface area contributed by atoms with Crippen LogP contribution in [-0.4, -0.2) is 10.1 Å². The second kappa shape index (κ2) is 6.58. The Labute approximate surface area is 159 Å². The van der Waals surface area contributed by atoms with Gasteiger partial charge in [-0.05, 0) is 24.5 Å². The summed E-state index contributed by atoms with van der Waals surface area (Å²) in [5.41, 5.74) is 10.8. The van der Waals surface area contributed by atoms with Crippen molar-refractivity contribution in [2.75, 3.05) is 5.73 Å². The third kappa shape index (κ3) is 3.10. The molecule has 27 heavy (non-hydrogen) atoms. The van der Waals surface area contributed by atoms with Gasteiger partial charge in [-0.1, -0.05) is 54.7 Å². The van der Waals surface area contributed by atoms with E-state index in [0.717, 1.165) is 23.2 Å². The van der Waals surface area contributed by atoms with Crippen LogP contribution in [0.15, 0.2) is 48.8 Å². The molecule has 138 valence electrons. The highest BCUT2D eigenvalue weighted by molar-refractivity contribution is 5.62. The lowest BCUT2D eigenvalue weighted by Crippen LogP contribution is -2.41. The average Bonchev–Trinajstić information content (AvgIpc) is 2.63. The van der Waals surface area contributed by atoms with Crippen LogP contribution in [0.1, 0.15) is 42.0 Å².